The molecule has 0 radical (unpaired) electrons. The number of amides is 1. The zero-order valence-electron chi connectivity index (χ0n) is 16.5. The van der Waals surface area contributed by atoms with Crippen LogP contribution in [0, 0.1) is 0 Å². The van der Waals surface area contributed by atoms with Crippen LogP contribution in [0.25, 0.3) is 22.3 Å². The number of sulfonamides is 1. The Hall–Kier alpha value is -3.74. The Labute approximate surface area is 181 Å². The molecule has 0 spiro atoms. The Morgan fingerprint density at radius 3 is 2.03 bits per heavy atom. The predicted octanol–water partition coefficient (Wildman–Crippen LogP) is 4.92. The van der Waals surface area contributed by atoms with Gasteiger partial charge in [0, 0.05) is 16.8 Å². The number of primary sulfonamides is 1. The van der Waals surface area contributed by atoms with Crippen LogP contribution >= 0.6 is 0 Å². The SMILES string of the molecule is NS(=O)(=O)c1ccccc1-c1ccc(NC(=O)c2cccc(-c3ccccc3)c2)cc1. The van der Waals surface area contributed by atoms with E-state index in [2.05, 4.69) is 5.32 Å². The van der Waals surface area contributed by atoms with E-state index in [9.17, 15) is 13.2 Å². The van der Waals surface area contributed by atoms with E-state index in [1.165, 1.54) is 6.07 Å². The summed E-state index contributed by atoms with van der Waals surface area (Å²) in [5.41, 5.74) is 4.35. The molecule has 4 aromatic rings. The molecule has 0 saturated carbocycles. The van der Waals surface area contributed by atoms with Gasteiger partial charge in [0.2, 0.25) is 10.0 Å². The van der Waals surface area contributed by atoms with Gasteiger partial charge in [0.25, 0.3) is 5.91 Å². The molecule has 5 nitrogen and oxygen atoms in total. The van der Waals surface area contributed by atoms with Crippen molar-refractivity contribution in [3.05, 3.63) is 109 Å². The van der Waals surface area contributed by atoms with Crippen LogP contribution < -0.4 is 10.5 Å². The third kappa shape index (κ3) is 4.71. The van der Waals surface area contributed by atoms with Gasteiger partial charge in [-0.3, -0.25) is 4.79 Å². The fourth-order valence-electron chi connectivity index (χ4n) is 3.36. The molecule has 4 rings (SSSR count). The Morgan fingerprint density at radius 2 is 1.32 bits per heavy atom. The predicted molar refractivity (Wildman–Crippen MR) is 123 cm³/mol. The molecule has 3 N–H and O–H groups in total. The fraction of sp³-hybridized carbons (Fsp3) is 0. The highest BCUT2D eigenvalue weighted by Gasteiger charge is 2.14. The maximum Gasteiger partial charge on any atom is 0.255 e. The molecule has 0 aliphatic heterocycles. The molecule has 0 bridgehead atoms. The summed E-state index contributed by atoms with van der Waals surface area (Å²) in [6.07, 6.45) is 0. The van der Waals surface area contributed by atoms with Crippen molar-refractivity contribution in [2.75, 3.05) is 5.32 Å². The minimum atomic E-state index is -3.84. The minimum Gasteiger partial charge on any atom is -0.322 e. The molecule has 0 saturated heterocycles. The van der Waals surface area contributed by atoms with Crippen LogP contribution in [0.2, 0.25) is 0 Å². The highest BCUT2D eigenvalue weighted by molar-refractivity contribution is 7.89. The van der Waals surface area contributed by atoms with Crippen molar-refractivity contribution >= 4 is 21.6 Å². The highest BCUT2D eigenvalue weighted by atomic mass is 32.2. The standard InChI is InChI=1S/C25H20N2O3S/c26-31(29,30)24-12-5-4-11-23(24)19-13-15-22(16-14-19)27-25(28)21-10-6-9-20(17-21)18-7-2-1-3-8-18/h1-17H,(H,27,28)(H2,26,29,30). The van der Waals surface area contributed by atoms with Gasteiger partial charge in [0.05, 0.1) is 4.90 Å². The largest absolute Gasteiger partial charge is 0.322 e. The van der Waals surface area contributed by atoms with Crippen molar-refractivity contribution in [1.82, 2.24) is 0 Å². The smallest absolute Gasteiger partial charge is 0.255 e. The topological polar surface area (TPSA) is 89.3 Å². The summed E-state index contributed by atoms with van der Waals surface area (Å²) in [6, 6.07) is 30.8. The molecule has 154 valence electrons. The molecule has 0 atom stereocenters. The van der Waals surface area contributed by atoms with E-state index in [0.717, 1.165) is 11.1 Å². The second kappa shape index (κ2) is 8.55. The lowest BCUT2D eigenvalue weighted by Crippen LogP contribution is -2.13. The fourth-order valence-corrected chi connectivity index (χ4v) is 4.12. The van der Waals surface area contributed by atoms with Gasteiger partial charge < -0.3 is 5.32 Å². The van der Waals surface area contributed by atoms with Crippen molar-refractivity contribution in [1.29, 1.82) is 0 Å². The monoisotopic (exact) mass is 428 g/mol. The average molecular weight is 429 g/mol. The number of rotatable bonds is 5. The lowest BCUT2D eigenvalue weighted by atomic mass is 10.0. The molecule has 0 heterocycles. The second-order valence-corrected chi connectivity index (χ2v) is 8.55. The summed E-state index contributed by atoms with van der Waals surface area (Å²) < 4.78 is 23.7. The third-order valence-electron chi connectivity index (χ3n) is 4.88. The van der Waals surface area contributed by atoms with Gasteiger partial charge in [-0.15, -0.1) is 0 Å². The summed E-state index contributed by atoms with van der Waals surface area (Å²) >= 11 is 0. The summed E-state index contributed by atoms with van der Waals surface area (Å²) in [5.74, 6) is -0.226. The summed E-state index contributed by atoms with van der Waals surface area (Å²) in [6.45, 7) is 0. The maximum atomic E-state index is 12.7. The molecule has 0 aliphatic rings. The van der Waals surface area contributed by atoms with Crippen molar-refractivity contribution in [3.63, 3.8) is 0 Å². The van der Waals surface area contributed by atoms with E-state index in [4.69, 9.17) is 5.14 Å². The summed E-state index contributed by atoms with van der Waals surface area (Å²) in [5, 5.41) is 8.20. The molecule has 0 unspecified atom stereocenters. The van der Waals surface area contributed by atoms with Gasteiger partial charge >= 0.3 is 0 Å². The summed E-state index contributed by atoms with van der Waals surface area (Å²) in [7, 11) is -3.84. The highest BCUT2D eigenvalue weighted by Crippen LogP contribution is 2.28. The van der Waals surface area contributed by atoms with E-state index in [1.54, 1.807) is 48.5 Å². The Morgan fingerprint density at radius 1 is 0.677 bits per heavy atom. The number of benzene rings is 4. The van der Waals surface area contributed by atoms with Gasteiger partial charge in [0.15, 0.2) is 0 Å². The van der Waals surface area contributed by atoms with Gasteiger partial charge in [-0.2, -0.15) is 0 Å². The van der Waals surface area contributed by atoms with Crippen LogP contribution in [0.3, 0.4) is 0 Å². The van der Waals surface area contributed by atoms with E-state index in [0.29, 0.717) is 22.4 Å². The molecule has 0 aliphatic carbocycles. The first-order valence-corrected chi connectivity index (χ1v) is 11.2. The average Bonchev–Trinajstić information content (AvgIpc) is 2.80. The Bertz CT molecular complexity index is 1330. The van der Waals surface area contributed by atoms with E-state index >= 15 is 0 Å². The van der Waals surface area contributed by atoms with Crippen LogP contribution in [-0.4, -0.2) is 14.3 Å². The first-order chi connectivity index (χ1) is 14.9. The van der Waals surface area contributed by atoms with Crippen LogP contribution in [-0.2, 0) is 10.0 Å². The van der Waals surface area contributed by atoms with Gasteiger partial charge in [-0.25, -0.2) is 13.6 Å². The quantitative estimate of drug-likeness (QED) is 0.473. The molecule has 0 aromatic heterocycles. The number of hydrogen-bond acceptors (Lipinski definition) is 3. The van der Waals surface area contributed by atoms with Crippen molar-refractivity contribution in [2.45, 2.75) is 4.90 Å². The van der Waals surface area contributed by atoms with Crippen LogP contribution in [0.5, 0.6) is 0 Å². The van der Waals surface area contributed by atoms with Crippen molar-refractivity contribution in [2.24, 2.45) is 5.14 Å². The van der Waals surface area contributed by atoms with Gasteiger partial charge in [0.1, 0.15) is 0 Å². The molecule has 1 amide bonds. The van der Waals surface area contributed by atoms with Crippen LogP contribution in [0.4, 0.5) is 5.69 Å². The number of carbonyl (C=O) groups is 1. The van der Waals surface area contributed by atoms with Crippen molar-refractivity contribution < 1.29 is 13.2 Å². The normalized spacial score (nSPS) is 11.1. The molecular formula is C25H20N2O3S. The Balaban J connectivity index is 1.55. The number of hydrogen-bond donors (Lipinski definition) is 2. The number of nitrogens with two attached hydrogens (primary N) is 1. The molecule has 31 heavy (non-hydrogen) atoms. The molecule has 0 fully saturated rings. The van der Waals surface area contributed by atoms with E-state index in [1.807, 2.05) is 48.5 Å². The maximum absolute atomic E-state index is 12.7. The van der Waals surface area contributed by atoms with Crippen LogP contribution in [0.15, 0.2) is 108 Å². The minimum absolute atomic E-state index is 0.0597. The van der Waals surface area contributed by atoms with Gasteiger partial charge in [-0.1, -0.05) is 72.8 Å². The summed E-state index contributed by atoms with van der Waals surface area (Å²) in [4.78, 5) is 12.8. The number of carbonyl (C=O) groups excluding carboxylic acids is 1. The van der Waals surface area contributed by atoms with E-state index < -0.39 is 10.0 Å². The molecule has 4 aromatic carbocycles. The number of nitrogens with one attached hydrogen (secondary N) is 1. The Kier molecular flexibility index (Phi) is 5.66. The molecule has 6 heteroatoms. The zero-order valence-corrected chi connectivity index (χ0v) is 17.3. The first kappa shape index (κ1) is 20.5. The van der Waals surface area contributed by atoms with Gasteiger partial charge in [-0.05, 0) is 47.0 Å². The van der Waals surface area contributed by atoms with Crippen molar-refractivity contribution in [3.8, 4) is 22.3 Å². The third-order valence-corrected chi connectivity index (χ3v) is 5.85. The zero-order chi connectivity index (χ0) is 21.8. The number of anilines is 1. The second-order valence-electron chi connectivity index (χ2n) is 7.02. The lowest BCUT2D eigenvalue weighted by Gasteiger charge is -2.10. The van der Waals surface area contributed by atoms with Crippen LogP contribution in [0.1, 0.15) is 10.4 Å². The lowest BCUT2D eigenvalue weighted by molar-refractivity contribution is 0.102. The molecular weight excluding hydrogens is 408 g/mol. The van der Waals surface area contributed by atoms with E-state index in [-0.39, 0.29) is 10.8 Å². The first-order valence-electron chi connectivity index (χ1n) is 9.61.